The van der Waals surface area contributed by atoms with E-state index >= 15 is 0 Å². The SMILES string of the molecule is Cc1cccn2c(=O)cc(CSc3nnc(-c4ccncc4)n3C)nc12. The molecule has 0 fully saturated rings. The molecule has 7 nitrogen and oxygen atoms in total. The average molecular weight is 364 g/mol. The number of thioether (sulfide) groups is 1. The van der Waals surface area contributed by atoms with Crippen molar-refractivity contribution in [1.29, 1.82) is 0 Å². The number of aromatic nitrogens is 6. The van der Waals surface area contributed by atoms with Crippen LogP contribution >= 0.6 is 11.8 Å². The lowest BCUT2D eigenvalue weighted by atomic mass is 10.2. The summed E-state index contributed by atoms with van der Waals surface area (Å²) >= 11 is 1.50. The van der Waals surface area contributed by atoms with Crippen LogP contribution < -0.4 is 5.56 Å². The minimum absolute atomic E-state index is 0.0789. The van der Waals surface area contributed by atoms with Crippen LogP contribution in [0.1, 0.15) is 11.3 Å². The molecule has 26 heavy (non-hydrogen) atoms. The van der Waals surface area contributed by atoms with Crippen molar-refractivity contribution in [3.63, 3.8) is 0 Å². The molecular weight excluding hydrogens is 348 g/mol. The van der Waals surface area contributed by atoms with Crippen LogP contribution in [0.5, 0.6) is 0 Å². The van der Waals surface area contributed by atoms with Gasteiger partial charge in [-0.1, -0.05) is 17.8 Å². The molecule has 0 saturated carbocycles. The number of nitrogens with zero attached hydrogens (tertiary/aromatic N) is 6. The van der Waals surface area contributed by atoms with E-state index in [4.69, 9.17) is 0 Å². The van der Waals surface area contributed by atoms with Crippen LogP contribution in [0.2, 0.25) is 0 Å². The van der Waals surface area contributed by atoms with Gasteiger partial charge < -0.3 is 4.57 Å². The maximum absolute atomic E-state index is 12.3. The molecule has 4 heterocycles. The molecule has 0 spiro atoms. The zero-order valence-corrected chi connectivity index (χ0v) is 15.1. The summed E-state index contributed by atoms with van der Waals surface area (Å²) in [5.41, 5.74) is 3.26. The average Bonchev–Trinajstić information content (AvgIpc) is 3.02. The molecule has 4 aromatic rings. The van der Waals surface area contributed by atoms with Gasteiger partial charge in [0.1, 0.15) is 5.65 Å². The summed E-state index contributed by atoms with van der Waals surface area (Å²) in [5, 5.41) is 9.28. The Kier molecular flexibility index (Phi) is 4.26. The molecule has 0 aliphatic heterocycles. The third-order valence-corrected chi connectivity index (χ3v) is 5.12. The Morgan fingerprint density at radius 1 is 1.15 bits per heavy atom. The quantitative estimate of drug-likeness (QED) is 0.518. The molecule has 4 aromatic heterocycles. The molecule has 0 saturated heterocycles. The Morgan fingerprint density at radius 3 is 2.77 bits per heavy atom. The van der Waals surface area contributed by atoms with Crippen LogP contribution in [0, 0.1) is 6.92 Å². The normalized spacial score (nSPS) is 11.2. The largest absolute Gasteiger partial charge is 0.305 e. The van der Waals surface area contributed by atoms with Crippen molar-refractivity contribution in [3.05, 3.63) is 70.5 Å². The van der Waals surface area contributed by atoms with Crippen molar-refractivity contribution in [2.45, 2.75) is 17.8 Å². The lowest BCUT2D eigenvalue weighted by molar-refractivity contribution is 0.793. The van der Waals surface area contributed by atoms with Gasteiger partial charge in [-0.2, -0.15) is 0 Å². The van der Waals surface area contributed by atoms with Gasteiger partial charge in [0.05, 0.1) is 5.69 Å². The van der Waals surface area contributed by atoms with E-state index in [-0.39, 0.29) is 5.56 Å². The first-order chi connectivity index (χ1) is 12.6. The summed E-state index contributed by atoms with van der Waals surface area (Å²) in [6, 6.07) is 9.15. The Hall–Kier alpha value is -3.00. The van der Waals surface area contributed by atoms with Crippen LogP contribution in [0.3, 0.4) is 0 Å². The first-order valence-electron chi connectivity index (χ1n) is 8.04. The van der Waals surface area contributed by atoms with Crippen molar-refractivity contribution in [1.82, 2.24) is 29.1 Å². The van der Waals surface area contributed by atoms with Crippen molar-refractivity contribution < 1.29 is 0 Å². The summed E-state index contributed by atoms with van der Waals surface area (Å²) in [6.45, 7) is 1.95. The fourth-order valence-electron chi connectivity index (χ4n) is 2.71. The number of aryl methyl sites for hydroxylation is 1. The third-order valence-electron chi connectivity index (χ3n) is 4.06. The first kappa shape index (κ1) is 16.5. The Balaban J connectivity index is 1.60. The fraction of sp³-hybridized carbons (Fsp3) is 0.167. The van der Waals surface area contributed by atoms with Crippen LogP contribution in [-0.2, 0) is 12.8 Å². The molecule has 8 heteroatoms. The van der Waals surface area contributed by atoms with Gasteiger partial charge in [0, 0.05) is 43.0 Å². The molecular formula is C18H16N6OS. The van der Waals surface area contributed by atoms with Gasteiger partial charge in [0.15, 0.2) is 11.0 Å². The minimum atomic E-state index is -0.0789. The molecule has 0 N–H and O–H groups in total. The molecule has 4 rings (SSSR count). The van der Waals surface area contributed by atoms with Gasteiger partial charge >= 0.3 is 0 Å². The Bertz CT molecular complexity index is 1140. The van der Waals surface area contributed by atoms with Crippen molar-refractivity contribution in [2.24, 2.45) is 7.05 Å². The first-order valence-corrected chi connectivity index (χ1v) is 9.02. The summed E-state index contributed by atoms with van der Waals surface area (Å²) in [7, 11) is 1.92. The predicted molar refractivity (Wildman–Crippen MR) is 100.0 cm³/mol. The van der Waals surface area contributed by atoms with Gasteiger partial charge in [-0.25, -0.2) is 4.98 Å². The highest BCUT2D eigenvalue weighted by atomic mass is 32.2. The van der Waals surface area contributed by atoms with Crippen LogP contribution in [0.15, 0.2) is 58.9 Å². The van der Waals surface area contributed by atoms with Crippen LogP contribution in [-0.4, -0.2) is 29.1 Å². The number of pyridine rings is 2. The smallest absolute Gasteiger partial charge is 0.258 e. The maximum atomic E-state index is 12.3. The van der Waals surface area contributed by atoms with Crippen molar-refractivity contribution >= 4 is 17.4 Å². The highest BCUT2D eigenvalue weighted by Crippen LogP contribution is 2.24. The number of hydrogen-bond donors (Lipinski definition) is 0. The number of hydrogen-bond acceptors (Lipinski definition) is 6. The van der Waals surface area contributed by atoms with E-state index in [1.54, 1.807) is 29.1 Å². The van der Waals surface area contributed by atoms with E-state index in [1.165, 1.54) is 11.8 Å². The second-order valence-electron chi connectivity index (χ2n) is 5.86. The highest BCUT2D eigenvalue weighted by Gasteiger charge is 2.12. The molecule has 0 unspecified atom stereocenters. The zero-order valence-electron chi connectivity index (χ0n) is 14.3. The summed E-state index contributed by atoms with van der Waals surface area (Å²) in [5.74, 6) is 1.32. The molecule has 0 aliphatic rings. The third kappa shape index (κ3) is 2.99. The monoisotopic (exact) mass is 364 g/mol. The molecule has 0 radical (unpaired) electrons. The van der Waals surface area contributed by atoms with E-state index in [0.717, 1.165) is 27.8 Å². The summed E-state index contributed by atoms with van der Waals surface area (Å²) < 4.78 is 3.49. The molecule has 0 atom stereocenters. The molecule has 0 aromatic carbocycles. The van der Waals surface area contributed by atoms with Gasteiger partial charge in [0.2, 0.25) is 0 Å². The van der Waals surface area contributed by atoms with E-state index < -0.39 is 0 Å². The zero-order chi connectivity index (χ0) is 18.1. The van der Waals surface area contributed by atoms with Gasteiger partial charge in [0.25, 0.3) is 5.56 Å². The topological polar surface area (TPSA) is 78.0 Å². The second kappa shape index (κ2) is 6.72. The van der Waals surface area contributed by atoms with Gasteiger partial charge in [-0.05, 0) is 30.7 Å². The lowest BCUT2D eigenvalue weighted by Gasteiger charge is -2.06. The van der Waals surface area contributed by atoms with Crippen molar-refractivity contribution in [3.8, 4) is 11.4 Å². The molecule has 130 valence electrons. The molecule has 0 amide bonds. The van der Waals surface area contributed by atoms with E-state index in [0.29, 0.717) is 11.4 Å². The molecule has 0 aliphatic carbocycles. The number of fused-ring (bicyclic) bond motifs is 1. The van der Waals surface area contributed by atoms with Crippen molar-refractivity contribution in [2.75, 3.05) is 0 Å². The van der Waals surface area contributed by atoms with Crippen LogP contribution in [0.4, 0.5) is 0 Å². The van der Waals surface area contributed by atoms with E-state index in [2.05, 4.69) is 20.2 Å². The maximum Gasteiger partial charge on any atom is 0.258 e. The van der Waals surface area contributed by atoms with Gasteiger partial charge in [-0.3, -0.25) is 14.2 Å². The fourth-order valence-corrected chi connectivity index (χ4v) is 3.52. The standard InChI is InChI=1S/C18H16N6OS/c1-12-4-3-9-24-15(25)10-14(20-16(12)24)11-26-18-22-21-17(23(18)2)13-5-7-19-8-6-13/h3-10H,11H2,1-2H3. The predicted octanol–water partition coefficient (Wildman–Crippen LogP) is 2.49. The Labute approximate surface area is 153 Å². The lowest BCUT2D eigenvalue weighted by Crippen LogP contribution is -2.15. The van der Waals surface area contributed by atoms with E-state index in [9.17, 15) is 4.79 Å². The van der Waals surface area contributed by atoms with Crippen LogP contribution in [0.25, 0.3) is 17.0 Å². The minimum Gasteiger partial charge on any atom is -0.305 e. The summed E-state index contributed by atoms with van der Waals surface area (Å²) in [4.78, 5) is 20.9. The van der Waals surface area contributed by atoms with Gasteiger partial charge in [-0.15, -0.1) is 10.2 Å². The highest BCUT2D eigenvalue weighted by molar-refractivity contribution is 7.98. The summed E-state index contributed by atoms with van der Waals surface area (Å²) in [6.07, 6.45) is 5.19. The second-order valence-corrected chi connectivity index (χ2v) is 6.80. The molecule has 0 bridgehead atoms. The van der Waals surface area contributed by atoms with E-state index in [1.807, 2.05) is 42.8 Å². The number of rotatable bonds is 4. The Morgan fingerprint density at radius 2 is 1.96 bits per heavy atom.